The molecule has 6 nitrogen and oxygen atoms in total. The summed E-state index contributed by atoms with van der Waals surface area (Å²) in [6.45, 7) is 2.46. The van der Waals surface area contributed by atoms with Gasteiger partial charge in [0.1, 0.15) is 5.82 Å². The highest BCUT2D eigenvalue weighted by molar-refractivity contribution is 6.34. The zero-order valence-electron chi connectivity index (χ0n) is 13.2. The molecule has 2 rings (SSSR count). The first-order valence-corrected chi connectivity index (χ1v) is 7.90. The van der Waals surface area contributed by atoms with Gasteiger partial charge in [0.2, 0.25) is 0 Å². The third kappa shape index (κ3) is 4.96. The molecule has 0 spiro atoms. The number of pyridine rings is 1. The van der Waals surface area contributed by atoms with Crippen molar-refractivity contribution in [2.24, 2.45) is 0 Å². The fourth-order valence-corrected chi connectivity index (χ4v) is 2.22. The van der Waals surface area contributed by atoms with Gasteiger partial charge in [-0.2, -0.15) is 0 Å². The molecule has 1 amide bonds. The number of hydrogen-bond donors (Lipinski definition) is 2. The lowest BCUT2D eigenvalue weighted by molar-refractivity contribution is -0.142. The number of esters is 1. The maximum Gasteiger partial charge on any atom is 0.307 e. The van der Waals surface area contributed by atoms with E-state index in [1.807, 2.05) is 0 Å². The number of rotatable bonds is 7. The lowest BCUT2D eigenvalue weighted by atomic mass is 10.2. The molecule has 1 aromatic heterocycles. The van der Waals surface area contributed by atoms with Crippen LogP contribution in [0.2, 0.25) is 5.02 Å². The molecule has 0 saturated heterocycles. The number of benzene rings is 1. The zero-order valence-corrected chi connectivity index (χ0v) is 14.0. The van der Waals surface area contributed by atoms with E-state index >= 15 is 0 Å². The number of nitrogens with zero attached hydrogens (tertiary/aromatic N) is 1. The Hall–Kier alpha value is -2.60. The van der Waals surface area contributed by atoms with Gasteiger partial charge in [-0.15, -0.1) is 0 Å². The smallest absolute Gasteiger partial charge is 0.307 e. The summed E-state index contributed by atoms with van der Waals surface area (Å²) in [5.74, 6) is -0.146. The average Bonchev–Trinajstić information content (AvgIpc) is 2.57. The molecule has 7 heteroatoms. The Morgan fingerprint density at radius 3 is 2.75 bits per heavy atom. The van der Waals surface area contributed by atoms with Gasteiger partial charge < -0.3 is 15.4 Å². The van der Waals surface area contributed by atoms with Crippen molar-refractivity contribution < 1.29 is 14.3 Å². The molecule has 0 saturated carbocycles. The predicted octanol–water partition coefficient (Wildman–Crippen LogP) is 3.35. The van der Waals surface area contributed by atoms with Gasteiger partial charge >= 0.3 is 5.97 Å². The lowest BCUT2D eigenvalue weighted by Gasteiger charge is -2.12. The molecule has 0 aliphatic rings. The summed E-state index contributed by atoms with van der Waals surface area (Å²) in [5, 5.41) is 6.15. The van der Waals surface area contributed by atoms with Gasteiger partial charge in [-0.25, -0.2) is 4.98 Å². The van der Waals surface area contributed by atoms with Crippen molar-refractivity contribution in [3.05, 3.63) is 53.2 Å². The van der Waals surface area contributed by atoms with Gasteiger partial charge in [0.25, 0.3) is 5.91 Å². The molecule has 2 aromatic rings. The molecule has 1 aromatic carbocycles. The minimum atomic E-state index is -0.331. The fourth-order valence-electron chi connectivity index (χ4n) is 2.00. The van der Waals surface area contributed by atoms with Crippen molar-refractivity contribution in [3.8, 4) is 0 Å². The third-order valence-electron chi connectivity index (χ3n) is 3.10. The van der Waals surface area contributed by atoms with Crippen molar-refractivity contribution in [2.75, 3.05) is 23.8 Å². The molecule has 2 N–H and O–H groups in total. The van der Waals surface area contributed by atoms with E-state index in [-0.39, 0.29) is 18.3 Å². The van der Waals surface area contributed by atoms with Crippen LogP contribution >= 0.6 is 11.6 Å². The molecule has 0 unspecified atom stereocenters. The zero-order chi connectivity index (χ0) is 17.4. The summed E-state index contributed by atoms with van der Waals surface area (Å²) in [6.07, 6.45) is 1.81. The Labute approximate surface area is 145 Å². The fraction of sp³-hybridized carbons (Fsp3) is 0.235. The highest BCUT2D eigenvalue weighted by Gasteiger charge is 2.12. The van der Waals surface area contributed by atoms with E-state index in [0.717, 1.165) is 0 Å². The van der Waals surface area contributed by atoms with Gasteiger partial charge in [0, 0.05) is 12.7 Å². The van der Waals surface area contributed by atoms with E-state index in [0.29, 0.717) is 35.2 Å². The van der Waals surface area contributed by atoms with Gasteiger partial charge in [-0.05, 0) is 31.2 Å². The van der Waals surface area contributed by atoms with Crippen LogP contribution in [0.25, 0.3) is 0 Å². The van der Waals surface area contributed by atoms with Crippen LogP contribution in [-0.2, 0) is 9.53 Å². The van der Waals surface area contributed by atoms with Gasteiger partial charge in [0.15, 0.2) is 0 Å². The van der Waals surface area contributed by atoms with Crippen LogP contribution in [0.5, 0.6) is 0 Å². The SMILES string of the molecule is CCOC(=O)CCNc1ncccc1NC(=O)c1ccccc1Cl. The average molecular weight is 348 g/mol. The van der Waals surface area contributed by atoms with E-state index in [2.05, 4.69) is 15.6 Å². The quantitative estimate of drug-likeness (QED) is 0.751. The highest BCUT2D eigenvalue weighted by atomic mass is 35.5. The summed E-state index contributed by atoms with van der Waals surface area (Å²) in [4.78, 5) is 27.9. The van der Waals surface area contributed by atoms with E-state index in [1.54, 1.807) is 49.5 Å². The van der Waals surface area contributed by atoms with Gasteiger partial charge in [-0.3, -0.25) is 9.59 Å². The molecule has 126 valence electrons. The minimum absolute atomic E-state index is 0.211. The molecule has 0 atom stereocenters. The largest absolute Gasteiger partial charge is 0.466 e. The predicted molar refractivity (Wildman–Crippen MR) is 93.4 cm³/mol. The first-order valence-electron chi connectivity index (χ1n) is 7.52. The number of nitrogens with one attached hydrogen (secondary N) is 2. The van der Waals surface area contributed by atoms with Crippen molar-refractivity contribution in [3.63, 3.8) is 0 Å². The number of anilines is 2. The summed E-state index contributed by atoms with van der Waals surface area (Å²) >= 11 is 6.03. The maximum atomic E-state index is 12.3. The van der Waals surface area contributed by atoms with Crippen LogP contribution in [0, 0.1) is 0 Å². The second-order valence-corrected chi connectivity index (χ2v) is 5.22. The number of ether oxygens (including phenoxy) is 1. The number of halogens is 1. The molecule has 0 radical (unpaired) electrons. The number of carbonyl (C=O) groups excluding carboxylic acids is 2. The second-order valence-electron chi connectivity index (χ2n) is 4.82. The normalized spacial score (nSPS) is 10.1. The standard InChI is InChI=1S/C17H18ClN3O3/c1-2-24-15(22)9-11-20-16-14(8-5-10-19-16)21-17(23)12-6-3-4-7-13(12)18/h3-8,10H,2,9,11H2,1H3,(H,19,20)(H,21,23). The third-order valence-corrected chi connectivity index (χ3v) is 3.43. The monoisotopic (exact) mass is 347 g/mol. The Morgan fingerprint density at radius 1 is 1.21 bits per heavy atom. The van der Waals surface area contributed by atoms with E-state index < -0.39 is 0 Å². The van der Waals surface area contributed by atoms with Crippen molar-refractivity contribution in [2.45, 2.75) is 13.3 Å². The summed E-state index contributed by atoms with van der Waals surface area (Å²) in [7, 11) is 0. The van der Waals surface area contributed by atoms with Crippen molar-refractivity contribution >= 4 is 35.0 Å². The molecule has 0 bridgehead atoms. The van der Waals surface area contributed by atoms with Gasteiger partial charge in [-0.1, -0.05) is 23.7 Å². The van der Waals surface area contributed by atoms with Crippen LogP contribution in [0.1, 0.15) is 23.7 Å². The lowest BCUT2D eigenvalue weighted by Crippen LogP contribution is -2.16. The van der Waals surface area contributed by atoms with Crippen LogP contribution in [0.3, 0.4) is 0 Å². The topological polar surface area (TPSA) is 80.3 Å². The molecular weight excluding hydrogens is 330 g/mol. The number of carbonyl (C=O) groups is 2. The van der Waals surface area contributed by atoms with Crippen molar-refractivity contribution in [1.29, 1.82) is 0 Å². The van der Waals surface area contributed by atoms with Crippen molar-refractivity contribution in [1.82, 2.24) is 4.98 Å². The highest BCUT2D eigenvalue weighted by Crippen LogP contribution is 2.21. The molecule has 0 aliphatic carbocycles. The Bertz CT molecular complexity index is 722. The molecule has 0 aliphatic heterocycles. The Kier molecular flexibility index (Phi) is 6.57. The summed E-state index contributed by atoms with van der Waals surface area (Å²) < 4.78 is 4.86. The van der Waals surface area contributed by atoms with Crippen LogP contribution in [-0.4, -0.2) is 30.0 Å². The number of amides is 1. The van der Waals surface area contributed by atoms with E-state index in [4.69, 9.17) is 16.3 Å². The number of hydrogen-bond acceptors (Lipinski definition) is 5. The first-order chi connectivity index (χ1) is 11.6. The van der Waals surface area contributed by atoms with E-state index in [1.165, 1.54) is 0 Å². The van der Waals surface area contributed by atoms with Gasteiger partial charge in [0.05, 0.1) is 29.3 Å². The molecule has 1 heterocycles. The van der Waals surface area contributed by atoms with Crippen LogP contribution in [0.15, 0.2) is 42.6 Å². The molecule has 0 fully saturated rings. The number of aromatic nitrogens is 1. The molecule has 24 heavy (non-hydrogen) atoms. The second kappa shape index (κ2) is 8.88. The van der Waals surface area contributed by atoms with Crippen LogP contribution in [0.4, 0.5) is 11.5 Å². The molecular formula is C17H18ClN3O3. The summed E-state index contributed by atoms with van der Waals surface area (Å²) in [6, 6.07) is 10.2. The summed E-state index contributed by atoms with van der Waals surface area (Å²) in [5.41, 5.74) is 0.881. The minimum Gasteiger partial charge on any atom is -0.466 e. The van der Waals surface area contributed by atoms with Crippen LogP contribution < -0.4 is 10.6 Å². The van der Waals surface area contributed by atoms with E-state index in [9.17, 15) is 9.59 Å². The Balaban J connectivity index is 2.02. The Morgan fingerprint density at radius 2 is 2.00 bits per heavy atom. The maximum absolute atomic E-state index is 12.3. The first kappa shape index (κ1) is 17.7.